The van der Waals surface area contributed by atoms with Crippen LogP contribution < -0.4 is 5.73 Å². The van der Waals surface area contributed by atoms with Crippen LogP contribution in [0.1, 0.15) is 28.4 Å². The van der Waals surface area contributed by atoms with Crippen LogP contribution in [0.2, 0.25) is 0 Å². The van der Waals surface area contributed by atoms with E-state index in [9.17, 15) is 0 Å². The number of benzene rings is 2. The first-order chi connectivity index (χ1) is 13.2. The molecule has 0 aliphatic heterocycles. The number of para-hydroxylation sites is 1. The molecule has 2 heterocycles. The highest BCUT2D eigenvalue weighted by molar-refractivity contribution is 5.92. The van der Waals surface area contributed by atoms with Gasteiger partial charge >= 0.3 is 0 Å². The minimum Gasteiger partial charge on any atom is -0.356 e. The van der Waals surface area contributed by atoms with Crippen LogP contribution in [0.5, 0.6) is 0 Å². The first-order valence-electron chi connectivity index (χ1n) is 8.72. The molecular formula is C22H18N4O. The number of rotatable bonds is 4. The van der Waals surface area contributed by atoms with Crippen molar-refractivity contribution in [3.63, 3.8) is 0 Å². The predicted molar refractivity (Wildman–Crippen MR) is 104 cm³/mol. The second-order valence-electron chi connectivity index (χ2n) is 6.52. The second-order valence-corrected chi connectivity index (χ2v) is 6.52. The Balaban J connectivity index is 1.72. The zero-order valence-corrected chi connectivity index (χ0v) is 14.9. The average molecular weight is 354 g/mol. The van der Waals surface area contributed by atoms with Crippen molar-refractivity contribution < 1.29 is 4.52 Å². The van der Waals surface area contributed by atoms with Gasteiger partial charge in [0.25, 0.3) is 0 Å². The van der Waals surface area contributed by atoms with Gasteiger partial charge in [0.05, 0.1) is 5.56 Å². The van der Waals surface area contributed by atoms with Gasteiger partial charge in [0.2, 0.25) is 0 Å². The summed E-state index contributed by atoms with van der Waals surface area (Å²) in [5.41, 5.74) is 12.5. The minimum atomic E-state index is -0.254. The monoisotopic (exact) mass is 354 g/mol. The number of pyridine rings is 1. The molecule has 5 heteroatoms. The Kier molecular flexibility index (Phi) is 4.41. The maximum atomic E-state index is 9.01. The fourth-order valence-electron chi connectivity index (χ4n) is 3.31. The Hall–Kier alpha value is -3.49. The summed E-state index contributed by atoms with van der Waals surface area (Å²) in [6.07, 6.45) is 2.16. The number of fused-ring (bicyclic) bond motifs is 1. The summed E-state index contributed by atoms with van der Waals surface area (Å²) in [7, 11) is 0. The Labute approximate surface area is 157 Å². The van der Waals surface area contributed by atoms with Crippen LogP contribution in [0.15, 0.2) is 65.3 Å². The topological polar surface area (TPSA) is 88.7 Å². The van der Waals surface area contributed by atoms with Crippen molar-refractivity contribution in [1.82, 2.24) is 10.1 Å². The molecule has 0 fully saturated rings. The van der Waals surface area contributed by atoms with Crippen LogP contribution in [-0.4, -0.2) is 10.1 Å². The molecule has 0 bridgehead atoms. The van der Waals surface area contributed by atoms with E-state index in [-0.39, 0.29) is 6.04 Å². The normalized spacial score (nSPS) is 12.0. The lowest BCUT2D eigenvalue weighted by atomic mass is 9.93. The molecule has 4 rings (SSSR count). The summed E-state index contributed by atoms with van der Waals surface area (Å²) in [5, 5.41) is 14.2. The van der Waals surface area contributed by atoms with E-state index in [0.717, 1.165) is 39.0 Å². The van der Waals surface area contributed by atoms with E-state index in [1.165, 1.54) is 0 Å². The SMILES string of the molecule is Cc1cc(C#N)cnc1C[C@H](N)c1ccccc1-c1noc2ccccc12. The number of nitrogens with two attached hydrogens (primary N) is 1. The maximum Gasteiger partial charge on any atom is 0.167 e. The van der Waals surface area contributed by atoms with Gasteiger partial charge in [-0.3, -0.25) is 4.98 Å². The molecule has 2 N–H and O–H groups in total. The van der Waals surface area contributed by atoms with E-state index in [2.05, 4.69) is 16.2 Å². The zero-order valence-electron chi connectivity index (χ0n) is 14.9. The smallest absolute Gasteiger partial charge is 0.167 e. The third kappa shape index (κ3) is 3.19. The van der Waals surface area contributed by atoms with Gasteiger partial charge in [-0.25, -0.2) is 0 Å². The van der Waals surface area contributed by atoms with Gasteiger partial charge in [0.15, 0.2) is 5.58 Å². The van der Waals surface area contributed by atoms with E-state index in [1.807, 2.05) is 61.5 Å². The summed E-state index contributed by atoms with van der Waals surface area (Å²) in [6, 6.07) is 19.5. The second kappa shape index (κ2) is 7.02. The van der Waals surface area contributed by atoms with Crippen LogP contribution in [0.3, 0.4) is 0 Å². The predicted octanol–water partition coefficient (Wildman–Crippen LogP) is 4.31. The molecule has 0 saturated heterocycles. The average Bonchev–Trinajstić information content (AvgIpc) is 3.13. The molecule has 0 aliphatic rings. The van der Waals surface area contributed by atoms with Crippen molar-refractivity contribution in [2.24, 2.45) is 5.73 Å². The summed E-state index contributed by atoms with van der Waals surface area (Å²) in [4.78, 5) is 4.42. The molecule has 132 valence electrons. The van der Waals surface area contributed by atoms with Gasteiger partial charge in [-0.2, -0.15) is 5.26 Å². The van der Waals surface area contributed by atoms with Crippen molar-refractivity contribution >= 4 is 11.0 Å². The highest BCUT2D eigenvalue weighted by atomic mass is 16.5. The van der Waals surface area contributed by atoms with E-state index < -0.39 is 0 Å². The van der Waals surface area contributed by atoms with Gasteiger partial charge < -0.3 is 10.3 Å². The van der Waals surface area contributed by atoms with Crippen molar-refractivity contribution in [1.29, 1.82) is 5.26 Å². The fourth-order valence-corrected chi connectivity index (χ4v) is 3.31. The van der Waals surface area contributed by atoms with E-state index in [1.54, 1.807) is 6.20 Å². The molecule has 0 spiro atoms. The quantitative estimate of drug-likeness (QED) is 0.590. The minimum absolute atomic E-state index is 0.254. The Morgan fingerprint density at radius 2 is 1.93 bits per heavy atom. The van der Waals surface area contributed by atoms with Crippen molar-refractivity contribution in [3.8, 4) is 17.3 Å². The molecule has 0 amide bonds. The molecule has 5 nitrogen and oxygen atoms in total. The standard InChI is InChI=1S/C22H18N4O/c1-14-10-15(12-23)13-25-20(14)11-19(24)16-6-2-3-7-17(16)22-18-8-4-5-9-21(18)27-26-22/h2-10,13,19H,11,24H2,1H3/t19-/m0/s1. The Bertz CT molecular complexity index is 1160. The largest absolute Gasteiger partial charge is 0.356 e. The van der Waals surface area contributed by atoms with Gasteiger partial charge in [-0.15, -0.1) is 0 Å². The van der Waals surface area contributed by atoms with Crippen molar-refractivity contribution in [2.75, 3.05) is 0 Å². The summed E-state index contributed by atoms with van der Waals surface area (Å²) in [6.45, 7) is 1.95. The summed E-state index contributed by atoms with van der Waals surface area (Å²) in [5.74, 6) is 0. The molecule has 2 aromatic heterocycles. The molecule has 0 unspecified atom stereocenters. The fraction of sp³-hybridized carbons (Fsp3) is 0.136. The van der Waals surface area contributed by atoms with Crippen LogP contribution in [0.4, 0.5) is 0 Å². The number of hydrogen-bond donors (Lipinski definition) is 1. The highest BCUT2D eigenvalue weighted by Crippen LogP contribution is 2.33. The van der Waals surface area contributed by atoms with Crippen LogP contribution >= 0.6 is 0 Å². The van der Waals surface area contributed by atoms with Gasteiger partial charge in [0, 0.05) is 35.3 Å². The number of hydrogen-bond acceptors (Lipinski definition) is 5. The van der Waals surface area contributed by atoms with Crippen LogP contribution in [0, 0.1) is 18.3 Å². The lowest BCUT2D eigenvalue weighted by Gasteiger charge is -2.16. The highest BCUT2D eigenvalue weighted by Gasteiger charge is 2.18. The summed E-state index contributed by atoms with van der Waals surface area (Å²) < 4.78 is 5.47. The number of aryl methyl sites for hydroxylation is 1. The Morgan fingerprint density at radius 3 is 2.74 bits per heavy atom. The lowest BCUT2D eigenvalue weighted by molar-refractivity contribution is 0.459. The zero-order chi connectivity index (χ0) is 18.8. The third-order valence-corrected chi connectivity index (χ3v) is 4.72. The number of nitrogens with zero attached hydrogens (tertiary/aromatic N) is 3. The first kappa shape index (κ1) is 17.0. The molecule has 4 aromatic rings. The number of aromatic nitrogens is 2. The Morgan fingerprint density at radius 1 is 1.15 bits per heavy atom. The third-order valence-electron chi connectivity index (χ3n) is 4.72. The van der Waals surface area contributed by atoms with E-state index >= 15 is 0 Å². The maximum absolute atomic E-state index is 9.01. The molecule has 27 heavy (non-hydrogen) atoms. The number of nitriles is 1. The van der Waals surface area contributed by atoms with Gasteiger partial charge in [0.1, 0.15) is 11.8 Å². The lowest BCUT2D eigenvalue weighted by Crippen LogP contribution is -2.16. The van der Waals surface area contributed by atoms with Crippen molar-refractivity contribution in [3.05, 3.63) is 83.2 Å². The van der Waals surface area contributed by atoms with Gasteiger partial charge in [-0.05, 0) is 36.2 Å². The summed E-state index contributed by atoms with van der Waals surface area (Å²) >= 11 is 0. The molecular weight excluding hydrogens is 336 g/mol. The molecule has 0 saturated carbocycles. The van der Waals surface area contributed by atoms with Crippen molar-refractivity contribution in [2.45, 2.75) is 19.4 Å². The molecule has 0 radical (unpaired) electrons. The van der Waals surface area contributed by atoms with E-state index in [0.29, 0.717) is 12.0 Å². The van der Waals surface area contributed by atoms with Crippen LogP contribution in [0.25, 0.3) is 22.2 Å². The van der Waals surface area contributed by atoms with Gasteiger partial charge in [-0.1, -0.05) is 41.6 Å². The van der Waals surface area contributed by atoms with Crippen LogP contribution in [-0.2, 0) is 6.42 Å². The van der Waals surface area contributed by atoms with E-state index in [4.69, 9.17) is 15.5 Å². The molecule has 2 aromatic carbocycles. The first-order valence-corrected chi connectivity index (χ1v) is 8.72. The molecule has 0 aliphatic carbocycles. The molecule has 1 atom stereocenters.